The van der Waals surface area contributed by atoms with Crippen LogP contribution in [0.15, 0.2) is 28.7 Å². The van der Waals surface area contributed by atoms with Gasteiger partial charge in [0.05, 0.1) is 12.4 Å². The Kier molecular flexibility index (Phi) is 4.72. The van der Waals surface area contributed by atoms with Crippen LogP contribution in [0.2, 0.25) is 0 Å². The van der Waals surface area contributed by atoms with Gasteiger partial charge in [0.2, 0.25) is 10.0 Å². The van der Waals surface area contributed by atoms with E-state index in [1.807, 2.05) is 24.3 Å². The molecule has 0 unspecified atom stereocenters. The first-order valence-electron chi connectivity index (χ1n) is 4.36. The van der Waals surface area contributed by atoms with Gasteiger partial charge in [0.1, 0.15) is 0 Å². The predicted molar refractivity (Wildman–Crippen MR) is 61.9 cm³/mol. The summed E-state index contributed by atoms with van der Waals surface area (Å²) >= 11 is 3.30. The average Bonchev–Trinajstić information content (AvgIpc) is 2.15. The zero-order valence-electron chi connectivity index (χ0n) is 7.98. The molecule has 0 aliphatic rings. The lowest BCUT2D eigenvalue weighted by Gasteiger charge is -2.05. The van der Waals surface area contributed by atoms with Crippen molar-refractivity contribution in [3.63, 3.8) is 0 Å². The van der Waals surface area contributed by atoms with Gasteiger partial charge in [0.15, 0.2) is 0 Å². The normalized spacial score (nSPS) is 11.6. The summed E-state index contributed by atoms with van der Waals surface area (Å²) in [6, 6.07) is 7.36. The van der Waals surface area contributed by atoms with E-state index in [4.69, 9.17) is 5.11 Å². The molecule has 1 aromatic carbocycles. The third-order valence-corrected chi connectivity index (χ3v) is 3.54. The van der Waals surface area contributed by atoms with E-state index in [9.17, 15) is 8.42 Å². The summed E-state index contributed by atoms with van der Waals surface area (Å²) in [7, 11) is -3.36. The molecule has 0 amide bonds. The Labute approximate surface area is 97.5 Å². The van der Waals surface area contributed by atoms with Crippen molar-refractivity contribution in [1.29, 1.82) is 0 Å². The molecule has 0 saturated carbocycles. The van der Waals surface area contributed by atoms with E-state index in [0.717, 1.165) is 10.0 Å². The number of aliphatic hydroxyl groups is 1. The van der Waals surface area contributed by atoms with Gasteiger partial charge < -0.3 is 5.11 Å². The Balaban J connectivity index is 2.58. The zero-order valence-corrected chi connectivity index (χ0v) is 10.4. The van der Waals surface area contributed by atoms with Gasteiger partial charge in [-0.3, -0.25) is 0 Å². The highest BCUT2D eigenvalue weighted by Crippen LogP contribution is 2.11. The Morgan fingerprint density at radius 2 is 2.13 bits per heavy atom. The summed E-state index contributed by atoms with van der Waals surface area (Å²) in [4.78, 5) is 0. The minimum atomic E-state index is -3.36. The third-order valence-electron chi connectivity index (χ3n) is 1.75. The molecule has 2 N–H and O–H groups in total. The van der Waals surface area contributed by atoms with Gasteiger partial charge in [0.25, 0.3) is 0 Å². The summed E-state index contributed by atoms with van der Waals surface area (Å²) in [6.45, 7) is -0.129. The molecule has 15 heavy (non-hydrogen) atoms. The fourth-order valence-electron chi connectivity index (χ4n) is 1.03. The highest BCUT2D eigenvalue weighted by molar-refractivity contribution is 9.10. The molecule has 1 rings (SSSR count). The van der Waals surface area contributed by atoms with Crippen LogP contribution < -0.4 is 4.72 Å². The molecule has 0 saturated heterocycles. The van der Waals surface area contributed by atoms with Gasteiger partial charge in [-0.2, -0.15) is 0 Å². The summed E-state index contributed by atoms with van der Waals surface area (Å²) in [6.07, 6.45) is 0. The maximum absolute atomic E-state index is 11.2. The topological polar surface area (TPSA) is 66.4 Å². The number of benzene rings is 1. The molecule has 0 heterocycles. The molecule has 6 heteroatoms. The highest BCUT2D eigenvalue weighted by atomic mass is 79.9. The Morgan fingerprint density at radius 3 is 2.73 bits per heavy atom. The van der Waals surface area contributed by atoms with Crippen molar-refractivity contribution in [2.24, 2.45) is 0 Å². The first-order chi connectivity index (χ1) is 7.03. The molecular formula is C9H12BrNO3S. The maximum atomic E-state index is 11.2. The number of sulfonamides is 1. The fourth-order valence-corrected chi connectivity index (χ4v) is 2.25. The van der Waals surface area contributed by atoms with E-state index >= 15 is 0 Å². The van der Waals surface area contributed by atoms with Crippen LogP contribution in [0.1, 0.15) is 5.56 Å². The number of halogens is 1. The number of hydrogen-bond acceptors (Lipinski definition) is 3. The van der Waals surface area contributed by atoms with Crippen molar-refractivity contribution in [2.75, 3.05) is 12.4 Å². The molecule has 84 valence electrons. The largest absolute Gasteiger partial charge is 0.395 e. The second-order valence-electron chi connectivity index (χ2n) is 2.99. The van der Waals surface area contributed by atoms with Gasteiger partial charge >= 0.3 is 0 Å². The second-order valence-corrected chi connectivity index (χ2v) is 5.84. The van der Waals surface area contributed by atoms with Crippen LogP contribution in [0, 0.1) is 0 Å². The zero-order chi connectivity index (χ0) is 11.3. The lowest BCUT2D eigenvalue weighted by molar-refractivity contribution is 0.319. The van der Waals surface area contributed by atoms with E-state index < -0.39 is 10.0 Å². The molecule has 0 aliphatic heterocycles. The molecular weight excluding hydrogens is 282 g/mol. The lowest BCUT2D eigenvalue weighted by Crippen LogP contribution is -2.27. The van der Waals surface area contributed by atoms with E-state index in [1.165, 1.54) is 0 Å². The van der Waals surface area contributed by atoms with E-state index in [2.05, 4.69) is 20.7 Å². The average molecular weight is 294 g/mol. The van der Waals surface area contributed by atoms with Crippen molar-refractivity contribution < 1.29 is 13.5 Å². The second kappa shape index (κ2) is 5.60. The summed E-state index contributed by atoms with van der Waals surface area (Å²) in [5, 5.41) is 8.52. The van der Waals surface area contributed by atoms with Gasteiger partial charge in [0, 0.05) is 11.0 Å². The van der Waals surface area contributed by atoms with Crippen LogP contribution in [0.5, 0.6) is 0 Å². The van der Waals surface area contributed by atoms with Gasteiger partial charge in [-0.25, -0.2) is 13.1 Å². The van der Waals surface area contributed by atoms with Gasteiger partial charge in [-0.05, 0) is 17.7 Å². The van der Waals surface area contributed by atoms with Gasteiger partial charge in [-0.1, -0.05) is 28.1 Å². The van der Waals surface area contributed by atoms with Crippen LogP contribution in [0.4, 0.5) is 0 Å². The standard InChI is InChI=1S/C9H12BrNO3S/c10-9-3-1-2-8(6-9)7-11-15(13,14)5-4-12/h1-3,6,11-12H,4-5,7H2. The van der Waals surface area contributed by atoms with E-state index in [-0.39, 0.29) is 18.9 Å². The van der Waals surface area contributed by atoms with Crippen LogP contribution in [0.25, 0.3) is 0 Å². The Hall–Kier alpha value is -0.430. The molecule has 0 aliphatic carbocycles. The number of hydrogen-bond donors (Lipinski definition) is 2. The third kappa shape index (κ3) is 4.74. The molecule has 4 nitrogen and oxygen atoms in total. The minimum absolute atomic E-state index is 0.238. The van der Waals surface area contributed by atoms with E-state index in [1.54, 1.807) is 0 Å². The lowest BCUT2D eigenvalue weighted by atomic mass is 10.2. The predicted octanol–water partition coefficient (Wildman–Crippen LogP) is 0.861. The monoisotopic (exact) mass is 293 g/mol. The van der Waals surface area contributed by atoms with E-state index in [0.29, 0.717) is 0 Å². The number of aliphatic hydroxyl groups excluding tert-OH is 1. The van der Waals surface area contributed by atoms with Crippen molar-refractivity contribution in [1.82, 2.24) is 4.72 Å². The Morgan fingerprint density at radius 1 is 1.40 bits per heavy atom. The summed E-state index contributed by atoms with van der Waals surface area (Å²) < 4.78 is 25.7. The molecule has 0 spiro atoms. The summed E-state index contributed by atoms with van der Waals surface area (Å²) in [5.41, 5.74) is 0.867. The van der Waals surface area contributed by atoms with Crippen molar-refractivity contribution in [3.05, 3.63) is 34.3 Å². The molecule has 0 atom stereocenters. The SMILES string of the molecule is O=S(=O)(CCO)NCc1cccc(Br)c1. The van der Waals surface area contributed by atoms with Crippen molar-refractivity contribution >= 4 is 26.0 Å². The van der Waals surface area contributed by atoms with Crippen LogP contribution in [-0.4, -0.2) is 25.9 Å². The van der Waals surface area contributed by atoms with Crippen LogP contribution in [-0.2, 0) is 16.6 Å². The molecule has 0 radical (unpaired) electrons. The molecule has 1 aromatic rings. The van der Waals surface area contributed by atoms with Crippen LogP contribution >= 0.6 is 15.9 Å². The first kappa shape index (κ1) is 12.6. The van der Waals surface area contributed by atoms with Gasteiger partial charge in [-0.15, -0.1) is 0 Å². The quantitative estimate of drug-likeness (QED) is 0.846. The maximum Gasteiger partial charge on any atom is 0.214 e. The molecule has 0 bridgehead atoms. The Bertz CT molecular complexity index is 419. The minimum Gasteiger partial charge on any atom is -0.395 e. The highest BCUT2D eigenvalue weighted by Gasteiger charge is 2.08. The van der Waals surface area contributed by atoms with Crippen molar-refractivity contribution in [3.8, 4) is 0 Å². The van der Waals surface area contributed by atoms with Crippen molar-refractivity contribution in [2.45, 2.75) is 6.54 Å². The van der Waals surface area contributed by atoms with Crippen LogP contribution in [0.3, 0.4) is 0 Å². The first-order valence-corrected chi connectivity index (χ1v) is 6.81. The number of nitrogens with one attached hydrogen (secondary N) is 1. The fraction of sp³-hybridized carbons (Fsp3) is 0.333. The molecule has 0 fully saturated rings. The number of rotatable bonds is 5. The summed E-state index contributed by atoms with van der Waals surface area (Å²) in [5.74, 6) is -0.263. The molecule has 0 aromatic heterocycles. The smallest absolute Gasteiger partial charge is 0.214 e.